The molecule has 0 radical (unpaired) electrons. The van der Waals surface area contributed by atoms with Gasteiger partial charge in [0, 0.05) is 11.6 Å². The van der Waals surface area contributed by atoms with Crippen LogP contribution in [-0.2, 0) is 0 Å². The highest BCUT2D eigenvalue weighted by molar-refractivity contribution is 6.61. The van der Waals surface area contributed by atoms with Crippen LogP contribution in [0.2, 0.25) is 5.02 Å². The molecule has 0 atom stereocenters. The van der Waals surface area contributed by atoms with Crippen molar-refractivity contribution in [2.75, 3.05) is 0 Å². The SMILES string of the molecule is O=C(Cl)Oc1ncc(Cl)cn1. The molecule has 0 bridgehead atoms. The zero-order chi connectivity index (χ0) is 8.27. The van der Waals surface area contributed by atoms with Crippen LogP contribution in [0.5, 0.6) is 6.01 Å². The zero-order valence-electron chi connectivity index (χ0n) is 5.12. The number of carbonyl (C=O) groups is 1. The second kappa shape index (κ2) is 3.50. The first-order chi connectivity index (χ1) is 5.18. The number of hydrogen-bond acceptors (Lipinski definition) is 4. The number of hydrogen-bond donors (Lipinski definition) is 0. The van der Waals surface area contributed by atoms with Crippen LogP contribution in [-0.4, -0.2) is 15.4 Å². The van der Waals surface area contributed by atoms with Gasteiger partial charge in [-0.3, -0.25) is 0 Å². The van der Waals surface area contributed by atoms with E-state index >= 15 is 0 Å². The molecular formula is C5H2Cl2N2O2. The molecule has 4 nitrogen and oxygen atoms in total. The minimum absolute atomic E-state index is 0.116. The van der Waals surface area contributed by atoms with Crippen molar-refractivity contribution in [3.8, 4) is 6.01 Å². The first-order valence-corrected chi connectivity index (χ1v) is 3.29. The van der Waals surface area contributed by atoms with Crippen molar-refractivity contribution in [2.24, 2.45) is 0 Å². The van der Waals surface area contributed by atoms with E-state index in [1.54, 1.807) is 0 Å². The van der Waals surface area contributed by atoms with E-state index in [1.807, 2.05) is 0 Å². The molecule has 1 aromatic heterocycles. The van der Waals surface area contributed by atoms with E-state index in [-0.39, 0.29) is 6.01 Å². The van der Waals surface area contributed by atoms with Crippen LogP contribution >= 0.6 is 23.2 Å². The normalized spacial score (nSPS) is 9.27. The summed E-state index contributed by atoms with van der Waals surface area (Å²) in [7, 11) is 0. The number of ether oxygens (including phenoxy) is 1. The predicted octanol–water partition coefficient (Wildman–Crippen LogP) is 1.87. The molecule has 6 heteroatoms. The van der Waals surface area contributed by atoms with Crippen molar-refractivity contribution in [3.63, 3.8) is 0 Å². The van der Waals surface area contributed by atoms with E-state index in [0.29, 0.717) is 5.02 Å². The number of carbonyl (C=O) groups excluding carboxylic acids is 1. The highest BCUT2D eigenvalue weighted by Gasteiger charge is 2.01. The van der Waals surface area contributed by atoms with E-state index in [1.165, 1.54) is 12.4 Å². The smallest absolute Gasteiger partial charge is 0.378 e. The Hall–Kier alpha value is -0.870. The van der Waals surface area contributed by atoms with Crippen molar-refractivity contribution in [1.29, 1.82) is 0 Å². The maximum absolute atomic E-state index is 10.1. The van der Waals surface area contributed by atoms with Crippen LogP contribution in [0.4, 0.5) is 4.79 Å². The molecule has 0 aliphatic carbocycles. The van der Waals surface area contributed by atoms with Gasteiger partial charge in [-0.05, 0) is 0 Å². The van der Waals surface area contributed by atoms with Gasteiger partial charge < -0.3 is 4.74 Å². The molecule has 0 N–H and O–H groups in total. The molecule has 0 spiro atoms. The molecule has 1 heterocycles. The maximum atomic E-state index is 10.1. The Morgan fingerprint density at radius 3 is 2.45 bits per heavy atom. The van der Waals surface area contributed by atoms with Crippen molar-refractivity contribution in [2.45, 2.75) is 0 Å². The Morgan fingerprint density at radius 1 is 1.45 bits per heavy atom. The summed E-state index contributed by atoms with van der Waals surface area (Å²) in [5.74, 6) is 0. The third-order valence-electron chi connectivity index (χ3n) is 0.768. The fraction of sp³-hybridized carbons (Fsp3) is 0. The van der Waals surface area contributed by atoms with Gasteiger partial charge in [0.1, 0.15) is 0 Å². The Morgan fingerprint density at radius 2 is 2.00 bits per heavy atom. The summed E-state index contributed by atoms with van der Waals surface area (Å²) < 4.78 is 4.31. The van der Waals surface area contributed by atoms with Crippen molar-refractivity contribution in [1.82, 2.24) is 9.97 Å². The topological polar surface area (TPSA) is 52.1 Å². The van der Waals surface area contributed by atoms with Crippen LogP contribution in [0.15, 0.2) is 12.4 Å². The largest absolute Gasteiger partial charge is 0.411 e. The molecule has 0 fully saturated rings. The predicted molar refractivity (Wildman–Crippen MR) is 38.9 cm³/mol. The average Bonchev–Trinajstić information content (AvgIpc) is 1.93. The fourth-order valence-electron chi connectivity index (χ4n) is 0.425. The van der Waals surface area contributed by atoms with Gasteiger partial charge in [-0.1, -0.05) is 11.6 Å². The lowest BCUT2D eigenvalue weighted by atomic mass is 10.7. The molecule has 0 amide bonds. The van der Waals surface area contributed by atoms with Crippen LogP contribution in [0.3, 0.4) is 0 Å². The van der Waals surface area contributed by atoms with E-state index in [2.05, 4.69) is 14.7 Å². The van der Waals surface area contributed by atoms with Crippen LogP contribution in [0, 0.1) is 0 Å². The van der Waals surface area contributed by atoms with Crippen molar-refractivity contribution < 1.29 is 9.53 Å². The van der Waals surface area contributed by atoms with Gasteiger partial charge in [-0.25, -0.2) is 14.8 Å². The molecule has 0 aliphatic rings. The maximum Gasteiger partial charge on any atom is 0.411 e. The van der Waals surface area contributed by atoms with Gasteiger partial charge in [0.15, 0.2) is 0 Å². The standard InChI is InChI=1S/C5H2Cl2N2O2/c6-3-1-8-5(9-2-3)11-4(7)10/h1-2H. The lowest BCUT2D eigenvalue weighted by Gasteiger charge is -1.94. The van der Waals surface area contributed by atoms with Crippen molar-refractivity contribution in [3.05, 3.63) is 17.4 Å². The second-order valence-corrected chi connectivity index (χ2v) is 2.27. The van der Waals surface area contributed by atoms with E-state index < -0.39 is 5.43 Å². The van der Waals surface area contributed by atoms with Gasteiger partial charge >= 0.3 is 11.4 Å². The summed E-state index contributed by atoms with van der Waals surface area (Å²) in [6.07, 6.45) is 2.59. The monoisotopic (exact) mass is 192 g/mol. The Bertz CT molecular complexity index is 262. The molecule has 58 valence electrons. The molecule has 0 saturated heterocycles. The fourth-order valence-corrected chi connectivity index (χ4v) is 0.592. The van der Waals surface area contributed by atoms with Crippen LogP contribution in [0.1, 0.15) is 0 Å². The van der Waals surface area contributed by atoms with Gasteiger partial charge in [0.05, 0.1) is 17.4 Å². The minimum Gasteiger partial charge on any atom is -0.378 e. The number of rotatable bonds is 1. The summed E-state index contributed by atoms with van der Waals surface area (Å²) in [5, 5.41) is 0.361. The Labute approximate surface area is 72.1 Å². The third kappa shape index (κ3) is 2.69. The lowest BCUT2D eigenvalue weighted by molar-refractivity contribution is 0.222. The highest BCUT2D eigenvalue weighted by Crippen LogP contribution is 2.07. The minimum atomic E-state index is -0.979. The summed E-state index contributed by atoms with van der Waals surface area (Å²) in [6.45, 7) is 0. The number of nitrogens with zero attached hydrogens (tertiary/aromatic N) is 2. The summed E-state index contributed by atoms with van der Waals surface area (Å²) in [6, 6.07) is -0.116. The van der Waals surface area contributed by atoms with Gasteiger partial charge in [-0.15, -0.1) is 0 Å². The van der Waals surface area contributed by atoms with Crippen LogP contribution in [0.25, 0.3) is 0 Å². The van der Waals surface area contributed by atoms with E-state index in [0.717, 1.165) is 0 Å². The number of aromatic nitrogens is 2. The van der Waals surface area contributed by atoms with Crippen LogP contribution < -0.4 is 4.74 Å². The summed E-state index contributed by atoms with van der Waals surface area (Å²) in [4.78, 5) is 17.2. The Kier molecular flexibility index (Phi) is 2.62. The first kappa shape index (κ1) is 8.23. The average molecular weight is 193 g/mol. The first-order valence-electron chi connectivity index (χ1n) is 2.53. The molecule has 0 saturated carbocycles. The van der Waals surface area contributed by atoms with Gasteiger partial charge in [0.2, 0.25) is 0 Å². The Balaban J connectivity index is 2.74. The lowest BCUT2D eigenvalue weighted by Crippen LogP contribution is -1.99. The van der Waals surface area contributed by atoms with Gasteiger partial charge in [0.25, 0.3) is 0 Å². The quantitative estimate of drug-likeness (QED) is 0.638. The number of halogens is 2. The zero-order valence-corrected chi connectivity index (χ0v) is 6.63. The molecule has 11 heavy (non-hydrogen) atoms. The molecule has 0 unspecified atom stereocenters. The van der Waals surface area contributed by atoms with Crippen molar-refractivity contribution >= 4 is 28.6 Å². The summed E-state index contributed by atoms with van der Waals surface area (Å²) >= 11 is 10.3. The summed E-state index contributed by atoms with van der Waals surface area (Å²) in [5.41, 5.74) is -0.979. The van der Waals surface area contributed by atoms with Gasteiger partial charge in [-0.2, -0.15) is 0 Å². The van der Waals surface area contributed by atoms with E-state index in [4.69, 9.17) is 23.2 Å². The molecule has 0 aliphatic heterocycles. The third-order valence-corrected chi connectivity index (χ3v) is 1.04. The molecule has 1 rings (SSSR count). The highest BCUT2D eigenvalue weighted by atomic mass is 35.5. The van der Waals surface area contributed by atoms with E-state index in [9.17, 15) is 4.79 Å². The molecule has 0 aromatic carbocycles. The second-order valence-electron chi connectivity index (χ2n) is 1.52. The molecular weight excluding hydrogens is 191 g/mol. The molecule has 1 aromatic rings.